The Morgan fingerprint density at radius 1 is 1.30 bits per heavy atom. The highest BCUT2D eigenvalue weighted by Gasteiger charge is 2.42. The first kappa shape index (κ1) is 18.3. The van der Waals surface area contributed by atoms with Crippen molar-refractivity contribution < 1.29 is 9.16 Å². The average molecular weight is 333 g/mol. The van der Waals surface area contributed by atoms with Gasteiger partial charge in [-0.15, -0.1) is 6.58 Å². The van der Waals surface area contributed by atoms with E-state index in [4.69, 9.17) is 9.16 Å². The molecule has 1 aromatic carbocycles. The number of ether oxygens (including phenoxy) is 1. The summed E-state index contributed by atoms with van der Waals surface area (Å²) in [5, 5.41) is 0.218. The highest BCUT2D eigenvalue weighted by Crippen LogP contribution is 2.46. The van der Waals surface area contributed by atoms with E-state index in [1.807, 2.05) is 6.08 Å². The maximum atomic E-state index is 6.86. The van der Waals surface area contributed by atoms with Gasteiger partial charge in [-0.1, -0.05) is 32.9 Å². The van der Waals surface area contributed by atoms with Crippen LogP contribution in [0.5, 0.6) is 5.75 Å². The molecule has 0 amide bonds. The fraction of sp³-hybridized carbons (Fsp3) is 0.600. The van der Waals surface area contributed by atoms with Gasteiger partial charge in [-0.2, -0.15) is 0 Å². The molecule has 2 nitrogen and oxygen atoms in total. The van der Waals surface area contributed by atoms with E-state index in [-0.39, 0.29) is 11.1 Å². The van der Waals surface area contributed by atoms with Crippen molar-refractivity contribution in [1.29, 1.82) is 0 Å². The third-order valence-electron chi connectivity index (χ3n) is 5.57. The Balaban J connectivity index is 2.38. The third kappa shape index (κ3) is 3.89. The summed E-state index contributed by atoms with van der Waals surface area (Å²) in [6.07, 6.45) is 5.50. The lowest BCUT2D eigenvalue weighted by molar-refractivity contribution is 0.104. The first-order valence-electron chi connectivity index (χ1n) is 8.65. The molecule has 1 aliphatic rings. The van der Waals surface area contributed by atoms with E-state index in [0.717, 1.165) is 25.0 Å². The SMILES string of the molecule is C=CC[C@H]1CCc2cc(OC)ccc2C1O[Si](C)(C)C(C)(C)C. The lowest BCUT2D eigenvalue weighted by Gasteiger charge is -2.43. The minimum Gasteiger partial charge on any atom is -0.497 e. The molecule has 0 aliphatic heterocycles. The van der Waals surface area contributed by atoms with Gasteiger partial charge in [-0.3, -0.25) is 0 Å². The molecule has 0 radical (unpaired) electrons. The van der Waals surface area contributed by atoms with Crippen LogP contribution in [-0.2, 0) is 10.8 Å². The van der Waals surface area contributed by atoms with Crippen molar-refractivity contribution in [3.05, 3.63) is 42.0 Å². The van der Waals surface area contributed by atoms with E-state index in [2.05, 4.69) is 58.6 Å². The number of hydrogen-bond donors (Lipinski definition) is 0. The second-order valence-corrected chi connectivity index (χ2v) is 12.9. The van der Waals surface area contributed by atoms with Gasteiger partial charge >= 0.3 is 0 Å². The third-order valence-corrected chi connectivity index (χ3v) is 10.0. The van der Waals surface area contributed by atoms with E-state index < -0.39 is 8.32 Å². The van der Waals surface area contributed by atoms with Crippen molar-refractivity contribution in [2.24, 2.45) is 5.92 Å². The average Bonchev–Trinajstić information content (AvgIpc) is 2.48. The van der Waals surface area contributed by atoms with Crippen LogP contribution in [0.2, 0.25) is 18.1 Å². The van der Waals surface area contributed by atoms with Crippen LogP contribution >= 0.6 is 0 Å². The fourth-order valence-corrected chi connectivity index (χ4v) is 4.37. The summed E-state index contributed by atoms with van der Waals surface area (Å²) < 4.78 is 12.3. The number of methoxy groups -OCH3 is 1. The summed E-state index contributed by atoms with van der Waals surface area (Å²) in [7, 11) is -0.0882. The summed E-state index contributed by atoms with van der Waals surface area (Å²) in [6.45, 7) is 15.6. The smallest absolute Gasteiger partial charge is 0.192 e. The minimum absolute atomic E-state index is 0.184. The molecule has 1 aromatic rings. The highest BCUT2D eigenvalue weighted by molar-refractivity contribution is 6.74. The van der Waals surface area contributed by atoms with Gasteiger partial charge in [0.25, 0.3) is 0 Å². The van der Waals surface area contributed by atoms with E-state index in [0.29, 0.717) is 5.92 Å². The lowest BCUT2D eigenvalue weighted by atomic mass is 9.80. The Bertz CT molecular complexity index is 557. The molecule has 23 heavy (non-hydrogen) atoms. The Morgan fingerprint density at radius 3 is 2.57 bits per heavy atom. The second-order valence-electron chi connectivity index (χ2n) is 8.19. The number of rotatable bonds is 5. The first-order chi connectivity index (χ1) is 10.7. The summed E-state index contributed by atoms with van der Waals surface area (Å²) in [4.78, 5) is 0. The van der Waals surface area contributed by atoms with Gasteiger partial charge in [0.15, 0.2) is 8.32 Å². The van der Waals surface area contributed by atoms with Crippen LogP contribution in [0.15, 0.2) is 30.9 Å². The van der Waals surface area contributed by atoms with Crippen molar-refractivity contribution in [2.75, 3.05) is 7.11 Å². The molecule has 3 heteroatoms. The second kappa shape index (κ2) is 6.82. The number of benzene rings is 1. The number of fused-ring (bicyclic) bond motifs is 1. The lowest BCUT2D eigenvalue weighted by Crippen LogP contribution is -2.43. The van der Waals surface area contributed by atoms with Gasteiger partial charge in [-0.25, -0.2) is 0 Å². The summed E-state index contributed by atoms with van der Waals surface area (Å²) >= 11 is 0. The van der Waals surface area contributed by atoms with Crippen molar-refractivity contribution in [2.45, 2.75) is 64.3 Å². The van der Waals surface area contributed by atoms with E-state index in [1.165, 1.54) is 11.1 Å². The molecule has 128 valence electrons. The van der Waals surface area contributed by atoms with E-state index in [1.54, 1.807) is 7.11 Å². The van der Waals surface area contributed by atoms with E-state index >= 15 is 0 Å². The minimum atomic E-state index is -1.82. The van der Waals surface area contributed by atoms with Gasteiger partial charge in [0.05, 0.1) is 13.2 Å². The predicted octanol–water partition coefficient (Wildman–Crippen LogP) is 5.90. The van der Waals surface area contributed by atoms with Crippen LogP contribution < -0.4 is 4.74 Å². The Labute approximate surface area is 143 Å². The summed E-state index contributed by atoms with van der Waals surface area (Å²) in [5.74, 6) is 1.47. The highest BCUT2D eigenvalue weighted by atomic mass is 28.4. The number of aryl methyl sites for hydroxylation is 1. The normalized spacial score (nSPS) is 21.7. The molecule has 2 rings (SSSR count). The number of hydrogen-bond acceptors (Lipinski definition) is 2. The van der Waals surface area contributed by atoms with Crippen LogP contribution in [0.3, 0.4) is 0 Å². The van der Waals surface area contributed by atoms with Crippen LogP contribution in [-0.4, -0.2) is 15.4 Å². The molecule has 0 saturated carbocycles. The predicted molar refractivity (Wildman–Crippen MR) is 101 cm³/mol. The molecule has 0 fully saturated rings. The molecule has 1 aliphatic carbocycles. The maximum absolute atomic E-state index is 6.86. The van der Waals surface area contributed by atoms with Gasteiger partial charge in [0.2, 0.25) is 0 Å². The van der Waals surface area contributed by atoms with Crippen molar-refractivity contribution in [3.63, 3.8) is 0 Å². The van der Waals surface area contributed by atoms with Gasteiger partial charge in [-0.05, 0) is 66.6 Å². The van der Waals surface area contributed by atoms with Crippen LogP contribution in [0, 0.1) is 5.92 Å². The molecule has 1 unspecified atom stereocenters. The molecule has 0 N–H and O–H groups in total. The zero-order valence-electron chi connectivity index (χ0n) is 15.6. The first-order valence-corrected chi connectivity index (χ1v) is 11.6. The maximum Gasteiger partial charge on any atom is 0.192 e. The molecule has 0 spiro atoms. The molecule has 0 heterocycles. The molecule has 0 bridgehead atoms. The zero-order valence-corrected chi connectivity index (χ0v) is 16.6. The molecular formula is C20H32O2Si. The fourth-order valence-electron chi connectivity index (χ4n) is 3.06. The van der Waals surface area contributed by atoms with Crippen molar-refractivity contribution >= 4 is 8.32 Å². The molecular weight excluding hydrogens is 300 g/mol. The van der Waals surface area contributed by atoms with Gasteiger partial charge in [0, 0.05) is 0 Å². The zero-order chi connectivity index (χ0) is 17.3. The van der Waals surface area contributed by atoms with E-state index in [9.17, 15) is 0 Å². The van der Waals surface area contributed by atoms with Gasteiger partial charge in [0.1, 0.15) is 5.75 Å². The Hall–Kier alpha value is -1.06. The number of allylic oxidation sites excluding steroid dienone is 1. The summed E-state index contributed by atoms with van der Waals surface area (Å²) in [6, 6.07) is 6.46. The Kier molecular flexibility index (Phi) is 5.42. The topological polar surface area (TPSA) is 18.5 Å². The largest absolute Gasteiger partial charge is 0.497 e. The van der Waals surface area contributed by atoms with Crippen LogP contribution in [0.4, 0.5) is 0 Å². The van der Waals surface area contributed by atoms with Crippen LogP contribution in [0.25, 0.3) is 0 Å². The van der Waals surface area contributed by atoms with Crippen molar-refractivity contribution in [1.82, 2.24) is 0 Å². The quantitative estimate of drug-likeness (QED) is 0.494. The molecule has 0 saturated heterocycles. The summed E-state index contributed by atoms with van der Waals surface area (Å²) in [5.41, 5.74) is 2.74. The van der Waals surface area contributed by atoms with Crippen molar-refractivity contribution in [3.8, 4) is 5.75 Å². The Morgan fingerprint density at radius 2 is 2.00 bits per heavy atom. The van der Waals surface area contributed by atoms with Crippen LogP contribution in [0.1, 0.15) is 50.8 Å². The molecule has 2 atom stereocenters. The van der Waals surface area contributed by atoms with Gasteiger partial charge < -0.3 is 9.16 Å². The standard InChI is InChI=1S/C20H32O2Si/c1-8-9-15-10-11-16-14-17(21-5)12-13-18(16)19(15)22-23(6,7)20(2,3)4/h8,12-15,19H,1,9-11H2,2-7H3/t15-,19?/m0/s1. The molecule has 0 aromatic heterocycles. The monoisotopic (exact) mass is 332 g/mol.